The highest BCUT2D eigenvalue weighted by Gasteiger charge is 2.29. The van der Waals surface area contributed by atoms with E-state index in [0.717, 1.165) is 29.7 Å². The van der Waals surface area contributed by atoms with E-state index in [-0.39, 0.29) is 30.0 Å². The number of rotatable bonds is 4. The van der Waals surface area contributed by atoms with Crippen molar-refractivity contribution >= 4 is 34.9 Å². The van der Waals surface area contributed by atoms with Crippen LogP contribution >= 0.6 is 12.4 Å². The molecule has 2 fully saturated rings. The highest BCUT2D eigenvalue weighted by atomic mass is 35.5. The van der Waals surface area contributed by atoms with Gasteiger partial charge in [-0.05, 0) is 24.5 Å². The molecule has 3 heterocycles. The zero-order valence-electron chi connectivity index (χ0n) is 20.8. The zero-order chi connectivity index (χ0) is 24.6. The molecule has 2 aromatic heterocycles. The van der Waals surface area contributed by atoms with Gasteiger partial charge in [-0.25, -0.2) is 4.98 Å². The van der Waals surface area contributed by atoms with E-state index in [1.165, 1.54) is 19.3 Å². The summed E-state index contributed by atoms with van der Waals surface area (Å²) in [4.78, 5) is 36.1. The number of nitrogens with zero attached hydrogens (tertiary/aromatic N) is 3. The smallest absolute Gasteiger partial charge is 0.274 e. The maximum absolute atomic E-state index is 13.7. The summed E-state index contributed by atoms with van der Waals surface area (Å²) in [6.07, 6.45) is 7.21. The normalized spacial score (nSPS) is 18.6. The Morgan fingerprint density at radius 1 is 1.11 bits per heavy atom. The van der Waals surface area contributed by atoms with E-state index < -0.39 is 0 Å². The second-order valence-electron chi connectivity index (χ2n) is 9.72. The predicted molar refractivity (Wildman–Crippen MR) is 144 cm³/mol. The van der Waals surface area contributed by atoms with Gasteiger partial charge in [-0.3, -0.25) is 14.0 Å². The molecule has 1 atom stereocenters. The number of morpholine rings is 1. The molecule has 8 nitrogen and oxygen atoms in total. The third-order valence-corrected chi connectivity index (χ3v) is 7.55. The highest BCUT2D eigenvalue weighted by molar-refractivity contribution is 6.00. The van der Waals surface area contributed by atoms with Gasteiger partial charge in [-0.2, -0.15) is 0 Å². The molecule has 2 aromatic carbocycles. The van der Waals surface area contributed by atoms with E-state index in [4.69, 9.17) is 9.47 Å². The Kier molecular flexibility index (Phi) is 7.22. The van der Waals surface area contributed by atoms with Crippen LogP contribution in [0.25, 0.3) is 16.6 Å². The lowest BCUT2D eigenvalue weighted by molar-refractivity contribution is -0.0229. The molecule has 0 radical (unpaired) electrons. The van der Waals surface area contributed by atoms with Crippen molar-refractivity contribution in [2.45, 2.75) is 44.1 Å². The summed E-state index contributed by atoms with van der Waals surface area (Å²) in [6.45, 7) is 1.40. The number of benzene rings is 2. The first kappa shape index (κ1) is 25.3. The molecule has 4 aromatic rings. The third-order valence-electron chi connectivity index (χ3n) is 7.55. The Balaban J connectivity index is 0.00000280. The van der Waals surface area contributed by atoms with Crippen molar-refractivity contribution in [3.05, 3.63) is 76.0 Å². The van der Waals surface area contributed by atoms with Crippen LogP contribution in [0.15, 0.2) is 53.5 Å². The van der Waals surface area contributed by atoms with Gasteiger partial charge in [0.25, 0.3) is 11.5 Å². The number of halogens is 1. The molecular formula is C28H31ClN4O4. The van der Waals surface area contributed by atoms with Crippen molar-refractivity contribution in [2.24, 2.45) is 0 Å². The molecule has 37 heavy (non-hydrogen) atoms. The number of hydrogen-bond donors (Lipinski definition) is 1. The first-order chi connectivity index (χ1) is 17.6. The van der Waals surface area contributed by atoms with Crippen molar-refractivity contribution in [1.82, 2.24) is 19.3 Å². The van der Waals surface area contributed by atoms with E-state index in [2.05, 4.69) is 9.97 Å². The number of imidazole rings is 1. The molecule has 0 bridgehead atoms. The second-order valence-corrected chi connectivity index (χ2v) is 9.72. The number of ether oxygens (including phenoxy) is 2. The molecule has 1 amide bonds. The molecule has 1 unspecified atom stereocenters. The summed E-state index contributed by atoms with van der Waals surface area (Å²) in [5.41, 5.74) is 3.16. The number of carbonyl (C=O) groups excluding carboxylic acids is 1. The lowest BCUT2D eigenvalue weighted by Crippen LogP contribution is -2.42. The molecule has 1 saturated heterocycles. The fourth-order valence-corrected chi connectivity index (χ4v) is 5.68. The number of aromatic amines is 1. The average molecular weight is 523 g/mol. The molecule has 1 aliphatic carbocycles. The minimum Gasteiger partial charge on any atom is -0.496 e. The van der Waals surface area contributed by atoms with Crippen molar-refractivity contribution in [2.75, 3.05) is 26.8 Å². The molecule has 1 N–H and O–H groups in total. The van der Waals surface area contributed by atoms with E-state index in [1.54, 1.807) is 24.3 Å². The summed E-state index contributed by atoms with van der Waals surface area (Å²) >= 11 is 0. The molecule has 0 spiro atoms. The van der Waals surface area contributed by atoms with Crippen LogP contribution in [0, 0.1) is 0 Å². The number of fused-ring (bicyclic) bond motifs is 3. The second kappa shape index (κ2) is 10.6. The first-order valence-electron chi connectivity index (χ1n) is 12.7. The summed E-state index contributed by atoms with van der Waals surface area (Å²) in [5, 5.41) is 0. The molecule has 1 saturated carbocycles. The lowest BCUT2D eigenvalue weighted by atomic mass is 9.88. The van der Waals surface area contributed by atoms with Gasteiger partial charge < -0.3 is 19.4 Å². The number of carbonyl (C=O) groups is 1. The van der Waals surface area contributed by atoms with Crippen molar-refractivity contribution in [3.8, 4) is 5.75 Å². The fraction of sp³-hybridized carbons (Fsp3) is 0.393. The predicted octanol–water partition coefficient (Wildman–Crippen LogP) is 4.87. The summed E-state index contributed by atoms with van der Waals surface area (Å²) in [6, 6.07) is 13.5. The van der Waals surface area contributed by atoms with Gasteiger partial charge in [-0.1, -0.05) is 49.6 Å². The van der Waals surface area contributed by atoms with E-state index in [9.17, 15) is 9.59 Å². The third kappa shape index (κ3) is 4.60. The van der Waals surface area contributed by atoms with E-state index in [0.29, 0.717) is 48.0 Å². The van der Waals surface area contributed by atoms with Crippen LogP contribution in [0.4, 0.5) is 0 Å². The Hall–Kier alpha value is -3.36. The largest absolute Gasteiger partial charge is 0.496 e. The number of hydrogen-bond acceptors (Lipinski definition) is 5. The van der Waals surface area contributed by atoms with Gasteiger partial charge in [-0.15, -0.1) is 12.4 Å². The fourth-order valence-electron chi connectivity index (χ4n) is 5.68. The van der Waals surface area contributed by atoms with Crippen LogP contribution in [-0.2, 0) is 4.74 Å². The van der Waals surface area contributed by atoms with Crippen LogP contribution in [0.3, 0.4) is 0 Å². The van der Waals surface area contributed by atoms with Gasteiger partial charge in [0.1, 0.15) is 23.2 Å². The Bertz CT molecular complexity index is 1480. The number of methoxy groups -OCH3 is 1. The van der Waals surface area contributed by atoms with Gasteiger partial charge in [0.05, 0.1) is 43.1 Å². The van der Waals surface area contributed by atoms with E-state index in [1.807, 2.05) is 40.8 Å². The molecule has 9 heteroatoms. The summed E-state index contributed by atoms with van der Waals surface area (Å²) < 4.78 is 13.6. The molecule has 2 aliphatic rings. The van der Waals surface area contributed by atoms with Gasteiger partial charge >= 0.3 is 0 Å². The van der Waals surface area contributed by atoms with Crippen LogP contribution in [0.1, 0.15) is 65.9 Å². The quantitative estimate of drug-likeness (QED) is 0.413. The van der Waals surface area contributed by atoms with Gasteiger partial charge in [0.2, 0.25) is 0 Å². The van der Waals surface area contributed by atoms with Crippen molar-refractivity contribution in [1.29, 1.82) is 0 Å². The van der Waals surface area contributed by atoms with Crippen molar-refractivity contribution < 1.29 is 14.3 Å². The van der Waals surface area contributed by atoms with Crippen LogP contribution < -0.4 is 10.3 Å². The standard InChI is InChI=1S/C28H30N4O4.ClH/c1-35-24-15-22-21(30-27(33)23-16-29-26(32(22)23)19-10-6-3-7-11-19)14-20(24)28(34)31-12-13-36-25(17-31)18-8-4-2-5-9-18;/h2,4-5,8-9,14-16,19,25H,3,6-7,10-13,17H2,1H3,(H,30,33);1H. The van der Waals surface area contributed by atoms with Gasteiger partial charge in [0, 0.05) is 18.5 Å². The average Bonchev–Trinajstić information content (AvgIpc) is 3.39. The maximum Gasteiger partial charge on any atom is 0.274 e. The number of H-pyrrole nitrogens is 1. The monoisotopic (exact) mass is 522 g/mol. The minimum atomic E-state index is -0.212. The molecular weight excluding hydrogens is 492 g/mol. The maximum atomic E-state index is 13.7. The summed E-state index contributed by atoms with van der Waals surface area (Å²) in [5.74, 6) is 1.58. The van der Waals surface area contributed by atoms with E-state index >= 15 is 0 Å². The Morgan fingerprint density at radius 3 is 2.65 bits per heavy atom. The van der Waals surface area contributed by atoms with Crippen LogP contribution in [0.5, 0.6) is 5.75 Å². The zero-order valence-corrected chi connectivity index (χ0v) is 21.6. The molecule has 194 valence electrons. The van der Waals surface area contributed by atoms with Crippen LogP contribution in [0.2, 0.25) is 0 Å². The van der Waals surface area contributed by atoms with Crippen molar-refractivity contribution in [3.63, 3.8) is 0 Å². The molecule has 6 rings (SSSR count). The van der Waals surface area contributed by atoms with Crippen LogP contribution in [-0.4, -0.2) is 52.0 Å². The number of amides is 1. The molecule has 1 aliphatic heterocycles. The number of aromatic nitrogens is 3. The topological polar surface area (TPSA) is 88.9 Å². The Labute approximate surface area is 221 Å². The lowest BCUT2D eigenvalue weighted by Gasteiger charge is -2.33. The minimum absolute atomic E-state index is 0. The Morgan fingerprint density at radius 2 is 1.89 bits per heavy atom. The highest BCUT2D eigenvalue weighted by Crippen LogP contribution is 2.34. The summed E-state index contributed by atoms with van der Waals surface area (Å²) in [7, 11) is 1.57. The SMILES string of the molecule is COc1cc2c(cc1C(=O)N1CCOC(c3ccccc3)C1)[nH]c(=O)c1cnc(C3CCCCC3)n12.Cl. The number of nitrogens with one attached hydrogen (secondary N) is 1. The van der Waals surface area contributed by atoms with Gasteiger partial charge in [0.15, 0.2) is 0 Å². The first-order valence-corrected chi connectivity index (χ1v) is 12.7.